The summed E-state index contributed by atoms with van der Waals surface area (Å²) in [5, 5.41) is 18.9. The maximum Gasteiger partial charge on any atom is 0.270 e. The first-order valence-corrected chi connectivity index (χ1v) is 7.35. The Morgan fingerprint density at radius 3 is 2.75 bits per heavy atom. The van der Waals surface area contributed by atoms with Gasteiger partial charge in [0.1, 0.15) is 13.2 Å². The van der Waals surface area contributed by atoms with E-state index in [4.69, 9.17) is 9.47 Å². The Morgan fingerprint density at radius 1 is 1.17 bits per heavy atom. The van der Waals surface area contributed by atoms with E-state index < -0.39 is 4.92 Å². The average molecular weight is 325 g/mol. The zero-order valence-corrected chi connectivity index (χ0v) is 13.0. The topological polar surface area (TPSA) is 86.3 Å². The van der Waals surface area contributed by atoms with Gasteiger partial charge in [-0.15, -0.1) is 0 Å². The van der Waals surface area contributed by atoms with E-state index in [2.05, 4.69) is 10.2 Å². The molecule has 0 saturated carbocycles. The van der Waals surface area contributed by atoms with Gasteiger partial charge in [0, 0.05) is 23.3 Å². The predicted octanol–water partition coefficient (Wildman–Crippen LogP) is 3.21. The van der Waals surface area contributed by atoms with Crippen LogP contribution in [0.2, 0.25) is 0 Å². The third-order valence-corrected chi connectivity index (χ3v) is 3.46. The molecule has 0 amide bonds. The Hall–Kier alpha value is -3.22. The van der Waals surface area contributed by atoms with Gasteiger partial charge in [0.2, 0.25) is 0 Å². The van der Waals surface area contributed by atoms with Gasteiger partial charge in [-0.2, -0.15) is 10.2 Å². The van der Waals surface area contributed by atoms with Crippen molar-refractivity contribution in [2.75, 3.05) is 13.2 Å². The van der Waals surface area contributed by atoms with Gasteiger partial charge in [-0.05, 0) is 25.1 Å². The molecule has 0 radical (unpaired) electrons. The molecule has 0 aliphatic carbocycles. The minimum absolute atomic E-state index is 0.0199. The van der Waals surface area contributed by atoms with Crippen molar-refractivity contribution in [1.82, 2.24) is 0 Å². The highest BCUT2D eigenvalue weighted by molar-refractivity contribution is 5.99. The molecular weight excluding hydrogens is 310 g/mol. The molecule has 24 heavy (non-hydrogen) atoms. The van der Waals surface area contributed by atoms with Crippen LogP contribution >= 0.6 is 0 Å². The van der Waals surface area contributed by atoms with Crippen molar-refractivity contribution in [2.45, 2.75) is 6.92 Å². The molecule has 2 aromatic carbocycles. The van der Waals surface area contributed by atoms with Crippen LogP contribution < -0.4 is 9.47 Å². The zero-order valence-electron chi connectivity index (χ0n) is 13.0. The first-order chi connectivity index (χ1) is 11.6. The molecule has 0 unspecified atom stereocenters. The van der Waals surface area contributed by atoms with Crippen LogP contribution in [-0.2, 0) is 0 Å². The summed E-state index contributed by atoms with van der Waals surface area (Å²) < 4.78 is 11.0. The van der Waals surface area contributed by atoms with E-state index in [0.29, 0.717) is 30.2 Å². The number of rotatable bonds is 4. The number of benzene rings is 2. The van der Waals surface area contributed by atoms with Crippen LogP contribution in [0.5, 0.6) is 11.5 Å². The third kappa shape index (κ3) is 3.57. The Morgan fingerprint density at radius 2 is 1.96 bits per heavy atom. The zero-order chi connectivity index (χ0) is 16.9. The first-order valence-electron chi connectivity index (χ1n) is 7.35. The normalized spacial score (nSPS) is 14.0. The monoisotopic (exact) mass is 325 g/mol. The van der Waals surface area contributed by atoms with Crippen molar-refractivity contribution < 1.29 is 14.4 Å². The molecular formula is C17H15N3O4. The second kappa shape index (κ2) is 6.91. The second-order valence-electron chi connectivity index (χ2n) is 5.14. The van der Waals surface area contributed by atoms with Gasteiger partial charge in [-0.1, -0.05) is 12.1 Å². The molecule has 7 nitrogen and oxygen atoms in total. The fraction of sp³-hybridized carbons (Fsp3) is 0.176. The molecule has 1 heterocycles. The first kappa shape index (κ1) is 15.7. The summed E-state index contributed by atoms with van der Waals surface area (Å²) in [6.45, 7) is 2.90. The van der Waals surface area contributed by atoms with Crippen LogP contribution in [0, 0.1) is 10.1 Å². The summed E-state index contributed by atoms with van der Waals surface area (Å²) in [5.74, 6) is 1.41. The highest BCUT2D eigenvalue weighted by Gasteiger charge is 2.12. The molecule has 3 rings (SSSR count). The maximum atomic E-state index is 10.7. The molecule has 7 heteroatoms. The quantitative estimate of drug-likeness (QED) is 0.490. The van der Waals surface area contributed by atoms with Gasteiger partial charge in [-0.3, -0.25) is 10.1 Å². The standard InChI is InChI=1S/C17H15N3O4/c1-12(14-5-6-16-17(10-14)24-8-7-23-16)19-18-11-13-3-2-4-15(9-13)20(21)22/h2-6,9-11H,7-8H2,1H3/b18-11-,19-12-. The number of nitrogens with zero attached hydrogens (tertiary/aromatic N) is 3. The van der Waals surface area contributed by atoms with Crippen molar-refractivity contribution in [3.63, 3.8) is 0 Å². The van der Waals surface area contributed by atoms with Crippen LogP contribution in [-0.4, -0.2) is 30.1 Å². The molecule has 0 saturated heterocycles. The summed E-state index contributed by atoms with van der Waals surface area (Å²) in [6.07, 6.45) is 1.48. The van der Waals surface area contributed by atoms with Gasteiger partial charge < -0.3 is 9.47 Å². The lowest BCUT2D eigenvalue weighted by Crippen LogP contribution is -2.15. The van der Waals surface area contributed by atoms with E-state index in [1.54, 1.807) is 12.1 Å². The van der Waals surface area contributed by atoms with Crippen molar-refractivity contribution in [1.29, 1.82) is 0 Å². The van der Waals surface area contributed by atoms with Gasteiger partial charge in [-0.25, -0.2) is 0 Å². The minimum Gasteiger partial charge on any atom is -0.486 e. The summed E-state index contributed by atoms with van der Waals surface area (Å²) in [5.41, 5.74) is 2.21. The van der Waals surface area contributed by atoms with Crippen LogP contribution in [0.25, 0.3) is 0 Å². The molecule has 1 aliphatic heterocycles. The SMILES string of the molecule is C/C(=N/N=C\c1cccc([N+](=O)[O-])c1)c1ccc2c(c1)OCCO2. The number of hydrogen-bond donors (Lipinski definition) is 0. The number of hydrogen-bond acceptors (Lipinski definition) is 6. The number of nitro groups is 1. The van der Waals surface area contributed by atoms with Gasteiger partial charge in [0.15, 0.2) is 11.5 Å². The summed E-state index contributed by atoms with van der Waals surface area (Å²) in [7, 11) is 0. The van der Waals surface area contributed by atoms with E-state index in [1.807, 2.05) is 25.1 Å². The Bertz CT molecular complexity index is 830. The fourth-order valence-corrected chi connectivity index (χ4v) is 2.23. The van der Waals surface area contributed by atoms with Crippen molar-refractivity contribution >= 4 is 17.6 Å². The summed E-state index contributed by atoms with van der Waals surface area (Å²) in [6, 6.07) is 11.8. The molecule has 0 bridgehead atoms. The van der Waals surface area contributed by atoms with Crippen LogP contribution in [0.3, 0.4) is 0 Å². The Kier molecular flexibility index (Phi) is 4.51. The Balaban J connectivity index is 1.76. The highest BCUT2D eigenvalue weighted by Crippen LogP contribution is 2.30. The van der Waals surface area contributed by atoms with Gasteiger partial charge >= 0.3 is 0 Å². The number of ether oxygens (including phenoxy) is 2. The lowest BCUT2D eigenvalue weighted by atomic mass is 10.1. The lowest BCUT2D eigenvalue weighted by Gasteiger charge is -2.18. The number of non-ortho nitro benzene ring substituents is 1. The molecule has 0 fully saturated rings. The molecule has 122 valence electrons. The maximum absolute atomic E-state index is 10.7. The summed E-state index contributed by atoms with van der Waals surface area (Å²) >= 11 is 0. The van der Waals surface area contributed by atoms with E-state index in [-0.39, 0.29) is 5.69 Å². The van der Waals surface area contributed by atoms with Crippen molar-refractivity contribution in [2.24, 2.45) is 10.2 Å². The van der Waals surface area contributed by atoms with Crippen LogP contribution in [0.4, 0.5) is 5.69 Å². The van der Waals surface area contributed by atoms with Crippen LogP contribution in [0.1, 0.15) is 18.1 Å². The smallest absolute Gasteiger partial charge is 0.270 e. The Labute approximate surface area is 138 Å². The van der Waals surface area contributed by atoms with E-state index in [0.717, 1.165) is 11.3 Å². The van der Waals surface area contributed by atoms with E-state index >= 15 is 0 Å². The second-order valence-corrected chi connectivity index (χ2v) is 5.14. The van der Waals surface area contributed by atoms with Crippen molar-refractivity contribution in [3.8, 4) is 11.5 Å². The molecule has 1 aliphatic rings. The molecule has 0 spiro atoms. The molecule has 0 aromatic heterocycles. The molecule has 0 N–H and O–H groups in total. The van der Waals surface area contributed by atoms with E-state index in [9.17, 15) is 10.1 Å². The predicted molar refractivity (Wildman–Crippen MR) is 90.3 cm³/mol. The minimum atomic E-state index is -0.443. The third-order valence-electron chi connectivity index (χ3n) is 3.46. The van der Waals surface area contributed by atoms with Crippen molar-refractivity contribution in [3.05, 3.63) is 63.7 Å². The average Bonchev–Trinajstić information content (AvgIpc) is 2.61. The fourth-order valence-electron chi connectivity index (χ4n) is 2.23. The van der Waals surface area contributed by atoms with Gasteiger partial charge in [0.25, 0.3) is 5.69 Å². The molecule has 0 atom stereocenters. The summed E-state index contributed by atoms with van der Waals surface area (Å²) in [4.78, 5) is 10.3. The number of nitro benzene ring substituents is 1. The highest BCUT2D eigenvalue weighted by atomic mass is 16.6. The van der Waals surface area contributed by atoms with Crippen LogP contribution in [0.15, 0.2) is 52.7 Å². The molecule has 2 aromatic rings. The lowest BCUT2D eigenvalue weighted by molar-refractivity contribution is -0.384. The number of fused-ring (bicyclic) bond motifs is 1. The van der Waals surface area contributed by atoms with E-state index in [1.165, 1.54) is 18.3 Å². The largest absolute Gasteiger partial charge is 0.486 e. The van der Waals surface area contributed by atoms with Gasteiger partial charge in [0.05, 0.1) is 16.8 Å².